The number of amides is 2. The molecule has 0 saturated carbocycles. The maximum atomic E-state index is 13.1. The summed E-state index contributed by atoms with van der Waals surface area (Å²) in [6, 6.07) is 18.6. The van der Waals surface area contributed by atoms with Gasteiger partial charge in [-0.25, -0.2) is 0 Å². The number of carbonyl (C=O) groups excluding carboxylic acids is 2. The second-order valence-corrected chi connectivity index (χ2v) is 9.56. The SMILES string of the molecule is CCCCN1CCN([C@H](CCc2ccccc2)C(=N)OC(=N)[C@](C)(N)Cc2ccccc2)C(=O)C1=O. The van der Waals surface area contributed by atoms with Gasteiger partial charge in [0.2, 0.25) is 11.8 Å². The van der Waals surface area contributed by atoms with Crippen LogP contribution in [0.1, 0.15) is 44.2 Å². The van der Waals surface area contributed by atoms with E-state index in [1.165, 1.54) is 4.90 Å². The standard InChI is InChI=1S/C28H37N5O3/c1-3-4-17-32-18-19-33(26(35)25(32)34)23(16-15-21-11-7-5-8-12-21)24(29)36-27(30)28(2,31)20-22-13-9-6-10-14-22/h5-14,23,29-30H,3-4,15-20,31H2,1-2H3/t23-,28-/m1/s1. The molecule has 2 aromatic rings. The Morgan fingerprint density at radius 3 is 2.22 bits per heavy atom. The molecule has 0 bridgehead atoms. The fourth-order valence-electron chi connectivity index (χ4n) is 4.32. The number of nitrogens with zero attached hydrogens (tertiary/aromatic N) is 2. The van der Waals surface area contributed by atoms with Crippen LogP contribution in [0.3, 0.4) is 0 Å². The number of unbranched alkanes of at least 4 members (excludes halogenated alkanes) is 1. The van der Waals surface area contributed by atoms with Crippen LogP contribution in [0.5, 0.6) is 0 Å². The molecule has 0 aromatic heterocycles. The number of carbonyl (C=O) groups is 2. The zero-order chi connectivity index (χ0) is 26.1. The fourth-order valence-corrected chi connectivity index (χ4v) is 4.32. The number of aryl methyl sites for hydroxylation is 1. The first-order valence-corrected chi connectivity index (χ1v) is 12.5. The number of ether oxygens (including phenoxy) is 1. The van der Waals surface area contributed by atoms with Crippen LogP contribution < -0.4 is 5.73 Å². The first-order chi connectivity index (χ1) is 17.2. The largest absolute Gasteiger partial charge is 0.426 e. The molecule has 2 amide bonds. The van der Waals surface area contributed by atoms with Gasteiger partial charge in [0.25, 0.3) is 0 Å². The van der Waals surface area contributed by atoms with Gasteiger partial charge in [0, 0.05) is 19.6 Å². The molecule has 2 aromatic carbocycles. The van der Waals surface area contributed by atoms with Crippen molar-refractivity contribution < 1.29 is 14.3 Å². The molecule has 36 heavy (non-hydrogen) atoms. The summed E-state index contributed by atoms with van der Waals surface area (Å²) >= 11 is 0. The van der Waals surface area contributed by atoms with Crippen molar-refractivity contribution in [1.82, 2.24) is 9.80 Å². The third-order valence-electron chi connectivity index (χ3n) is 6.50. The van der Waals surface area contributed by atoms with Gasteiger partial charge >= 0.3 is 11.8 Å². The lowest BCUT2D eigenvalue weighted by molar-refractivity contribution is -0.157. The molecule has 3 rings (SSSR count). The van der Waals surface area contributed by atoms with Crippen molar-refractivity contribution in [2.24, 2.45) is 5.73 Å². The lowest BCUT2D eigenvalue weighted by Crippen LogP contribution is -2.60. The first-order valence-electron chi connectivity index (χ1n) is 12.5. The minimum atomic E-state index is -1.14. The van der Waals surface area contributed by atoms with E-state index in [1.54, 1.807) is 11.8 Å². The quantitative estimate of drug-likeness (QED) is 0.253. The summed E-state index contributed by atoms with van der Waals surface area (Å²) in [5.41, 5.74) is 7.27. The van der Waals surface area contributed by atoms with Gasteiger partial charge in [-0.2, -0.15) is 0 Å². The van der Waals surface area contributed by atoms with E-state index in [1.807, 2.05) is 67.6 Å². The predicted octanol–water partition coefficient (Wildman–Crippen LogP) is 3.39. The van der Waals surface area contributed by atoms with E-state index in [4.69, 9.17) is 21.3 Å². The number of nitrogens with one attached hydrogen (secondary N) is 2. The Morgan fingerprint density at radius 2 is 1.61 bits per heavy atom. The molecule has 0 aliphatic carbocycles. The smallest absolute Gasteiger partial charge is 0.312 e. The molecule has 2 atom stereocenters. The molecule has 1 aliphatic heterocycles. The van der Waals surface area contributed by atoms with Gasteiger partial charge in [0.15, 0.2) is 0 Å². The summed E-state index contributed by atoms with van der Waals surface area (Å²) in [5.74, 6) is -1.67. The third kappa shape index (κ3) is 7.01. The van der Waals surface area contributed by atoms with E-state index < -0.39 is 23.4 Å². The second-order valence-electron chi connectivity index (χ2n) is 9.56. The summed E-state index contributed by atoms with van der Waals surface area (Å²) in [6.07, 6.45) is 3.12. The Balaban J connectivity index is 1.75. The Morgan fingerprint density at radius 1 is 1.00 bits per heavy atom. The number of hydrogen-bond acceptors (Lipinski definition) is 6. The van der Waals surface area contributed by atoms with Gasteiger partial charge in [-0.3, -0.25) is 20.4 Å². The van der Waals surface area contributed by atoms with Gasteiger partial charge < -0.3 is 20.3 Å². The molecule has 1 aliphatic rings. The van der Waals surface area contributed by atoms with E-state index in [9.17, 15) is 9.59 Å². The van der Waals surface area contributed by atoms with E-state index >= 15 is 0 Å². The summed E-state index contributed by atoms with van der Waals surface area (Å²) in [7, 11) is 0. The van der Waals surface area contributed by atoms with Gasteiger partial charge in [-0.1, -0.05) is 74.0 Å². The average molecular weight is 492 g/mol. The molecule has 0 radical (unpaired) electrons. The molecule has 0 unspecified atom stereocenters. The van der Waals surface area contributed by atoms with Crippen LogP contribution in [0.4, 0.5) is 0 Å². The Kier molecular flexibility index (Phi) is 9.36. The molecule has 8 heteroatoms. The predicted molar refractivity (Wildman–Crippen MR) is 141 cm³/mol. The van der Waals surface area contributed by atoms with E-state index in [0.29, 0.717) is 38.9 Å². The van der Waals surface area contributed by atoms with Crippen molar-refractivity contribution in [3.8, 4) is 0 Å². The molecule has 4 N–H and O–H groups in total. The van der Waals surface area contributed by atoms with Crippen molar-refractivity contribution in [2.75, 3.05) is 19.6 Å². The summed E-state index contributed by atoms with van der Waals surface area (Å²) in [4.78, 5) is 28.9. The van der Waals surface area contributed by atoms with Crippen LogP contribution in [-0.4, -0.2) is 64.6 Å². The molecule has 1 saturated heterocycles. The highest BCUT2D eigenvalue weighted by Crippen LogP contribution is 2.19. The Labute approximate surface area is 213 Å². The maximum absolute atomic E-state index is 13.1. The third-order valence-corrected chi connectivity index (χ3v) is 6.50. The van der Waals surface area contributed by atoms with Gasteiger partial charge in [0.1, 0.15) is 6.04 Å². The van der Waals surface area contributed by atoms with Crippen LogP contribution in [0.15, 0.2) is 60.7 Å². The average Bonchev–Trinajstić information content (AvgIpc) is 2.87. The van der Waals surface area contributed by atoms with Crippen molar-refractivity contribution in [3.05, 3.63) is 71.8 Å². The van der Waals surface area contributed by atoms with Crippen LogP contribution in [0.2, 0.25) is 0 Å². The fraction of sp³-hybridized carbons (Fsp3) is 0.429. The van der Waals surface area contributed by atoms with Crippen LogP contribution in [-0.2, 0) is 27.2 Å². The second kappa shape index (κ2) is 12.4. The highest BCUT2D eigenvalue weighted by molar-refractivity contribution is 6.35. The van der Waals surface area contributed by atoms with Gasteiger partial charge in [0.05, 0.1) is 5.54 Å². The normalized spacial score (nSPS) is 16.4. The van der Waals surface area contributed by atoms with E-state index in [0.717, 1.165) is 24.0 Å². The molecular weight excluding hydrogens is 454 g/mol. The van der Waals surface area contributed by atoms with Crippen molar-refractivity contribution in [1.29, 1.82) is 10.8 Å². The molecule has 1 fully saturated rings. The van der Waals surface area contributed by atoms with Crippen LogP contribution in [0.25, 0.3) is 0 Å². The maximum Gasteiger partial charge on any atom is 0.312 e. The first kappa shape index (κ1) is 27.1. The summed E-state index contributed by atoms with van der Waals surface area (Å²) in [6.45, 7) is 5.01. The molecular formula is C28H37N5O3. The molecule has 192 valence electrons. The minimum absolute atomic E-state index is 0.246. The number of nitrogens with two attached hydrogens (primary N) is 1. The Bertz CT molecular complexity index is 1060. The number of piperazine rings is 1. The van der Waals surface area contributed by atoms with Crippen LogP contribution >= 0.6 is 0 Å². The lowest BCUT2D eigenvalue weighted by Gasteiger charge is -2.38. The summed E-state index contributed by atoms with van der Waals surface area (Å²) < 4.78 is 5.69. The van der Waals surface area contributed by atoms with E-state index in [-0.39, 0.29) is 11.8 Å². The Hall–Kier alpha value is -3.52. The van der Waals surface area contributed by atoms with Crippen molar-refractivity contribution in [2.45, 2.75) is 57.5 Å². The van der Waals surface area contributed by atoms with E-state index in [2.05, 4.69) is 0 Å². The zero-order valence-corrected chi connectivity index (χ0v) is 21.2. The summed E-state index contributed by atoms with van der Waals surface area (Å²) in [5, 5.41) is 17.2. The number of benzene rings is 2. The van der Waals surface area contributed by atoms with Crippen molar-refractivity contribution in [3.63, 3.8) is 0 Å². The molecule has 1 heterocycles. The highest BCUT2D eigenvalue weighted by atomic mass is 16.5. The highest BCUT2D eigenvalue weighted by Gasteiger charge is 2.39. The minimum Gasteiger partial charge on any atom is -0.426 e. The number of rotatable bonds is 11. The van der Waals surface area contributed by atoms with Gasteiger partial charge in [-0.15, -0.1) is 0 Å². The number of hydrogen-bond donors (Lipinski definition) is 3. The van der Waals surface area contributed by atoms with Crippen molar-refractivity contribution >= 4 is 23.6 Å². The topological polar surface area (TPSA) is 124 Å². The zero-order valence-electron chi connectivity index (χ0n) is 21.2. The van der Waals surface area contributed by atoms with Gasteiger partial charge in [-0.05, 0) is 43.7 Å². The molecule has 8 nitrogen and oxygen atoms in total. The van der Waals surface area contributed by atoms with Crippen LogP contribution in [0, 0.1) is 10.8 Å². The lowest BCUT2D eigenvalue weighted by atomic mass is 9.93. The monoisotopic (exact) mass is 491 g/mol. The molecule has 0 spiro atoms.